The van der Waals surface area contributed by atoms with Crippen molar-refractivity contribution in [3.05, 3.63) is 42.1 Å². The van der Waals surface area contributed by atoms with Gasteiger partial charge in [-0.25, -0.2) is 0 Å². The maximum atomic E-state index is 5.53. The first-order chi connectivity index (χ1) is 8.88. The second kappa shape index (κ2) is 7.06. The summed E-state index contributed by atoms with van der Waals surface area (Å²) in [6.07, 6.45) is 1.16. The molecule has 0 fully saturated rings. The van der Waals surface area contributed by atoms with E-state index < -0.39 is 0 Å². The molecule has 0 bridgehead atoms. The fraction of sp³-hybridized carbons (Fsp3) is 0.385. The van der Waals surface area contributed by atoms with Gasteiger partial charge < -0.3 is 9.15 Å². The number of nitrogens with zero attached hydrogens (tertiary/aromatic N) is 2. The molecule has 0 atom stereocenters. The van der Waals surface area contributed by atoms with Gasteiger partial charge in [0.2, 0.25) is 5.89 Å². The highest BCUT2D eigenvalue weighted by Crippen LogP contribution is 2.14. The standard InChI is InChI=1S/C13H16N2O2S/c1-2-8-18-10-13-15-14-12(17-13)9-16-11-6-4-3-5-7-11/h3-7H,2,8-10H2,1H3. The third-order valence-electron chi connectivity index (χ3n) is 2.19. The van der Waals surface area contributed by atoms with Crippen LogP contribution in [0.25, 0.3) is 0 Å². The third kappa shape index (κ3) is 4.07. The first-order valence-corrected chi connectivity index (χ1v) is 7.11. The van der Waals surface area contributed by atoms with Crippen molar-refractivity contribution in [3.8, 4) is 5.75 Å². The molecule has 1 heterocycles. The summed E-state index contributed by atoms with van der Waals surface area (Å²) < 4.78 is 11.0. The van der Waals surface area contributed by atoms with Gasteiger partial charge in [-0.05, 0) is 24.3 Å². The Morgan fingerprint density at radius 1 is 1.17 bits per heavy atom. The normalized spacial score (nSPS) is 10.5. The Morgan fingerprint density at radius 3 is 2.72 bits per heavy atom. The van der Waals surface area contributed by atoms with Crippen molar-refractivity contribution in [2.24, 2.45) is 0 Å². The van der Waals surface area contributed by atoms with Crippen LogP contribution >= 0.6 is 11.8 Å². The van der Waals surface area contributed by atoms with Gasteiger partial charge in [0.15, 0.2) is 6.61 Å². The molecule has 2 aromatic rings. The lowest BCUT2D eigenvalue weighted by molar-refractivity contribution is 0.260. The molecule has 0 aliphatic carbocycles. The molecule has 0 amide bonds. The van der Waals surface area contributed by atoms with Crippen LogP contribution in [0.5, 0.6) is 5.75 Å². The van der Waals surface area contributed by atoms with E-state index in [1.54, 1.807) is 11.8 Å². The number of ether oxygens (including phenoxy) is 1. The topological polar surface area (TPSA) is 48.2 Å². The molecular weight excluding hydrogens is 248 g/mol. The van der Waals surface area contributed by atoms with Crippen LogP contribution in [-0.4, -0.2) is 16.0 Å². The fourth-order valence-corrected chi connectivity index (χ4v) is 2.09. The molecule has 1 aromatic carbocycles. The lowest BCUT2D eigenvalue weighted by Gasteiger charge is -2.01. The molecule has 5 heteroatoms. The highest BCUT2D eigenvalue weighted by molar-refractivity contribution is 7.98. The van der Waals surface area contributed by atoms with Crippen LogP contribution in [0, 0.1) is 0 Å². The molecule has 0 saturated carbocycles. The second-order valence-electron chi connectivity index (χ2n) is 3.74. The number of benzene rings is 1. The molecule has 0 N–H and O–H groups in total. The minimum Gasteiger partial charge on any atom is -0.484 e. The highest BCUT2D eigenvalue weighted by atomic mass is 32.2. The molecule has 0 aliphatic heterocycles. The Hall–Kier alpha value is -1.49. The summed E-state index contributed by atoms with van der Waals surface area (Å²) >= 11 is 1.80. The van der Waals surface area contributed by atoms with Gasteiger partial charge >= 0.3 is 0 Å². The Kier molecular flexibility index (Phi) is 5.08. The van der Waals surface area contributed by atoms with Crippen LogP contribution in [0.1, 0.15) is 25.1 Å². The van der Waals surface area contributed by atoms with Gasteiger partial charge in [-0.2, -0.15) is 11.8 Å². The van der Waals surface area contributed by atoms with E-state index in [4.69, 9.17) is 9.15 Å². The Morgan fingerprint density at radius 2 is 1.94 bits per heavy atom. The van der Waals surface area contributed by atoms with Crippen molar-refractivity contribution in [2.45, 2.75) is 25.7 Å². The number of rotatable bonds is 7. The lowest BCUT2D eigenvalue weighted by Crippen LogP contribution is -1.95. The summed E-state index contributed by atoms with van der Waals surface area (Å²) in [6, 6.07) is 9.59. The van der Waals surface area contributed by atoms with Crippen molar-refractivity contribution in [1.82, 2.24) is 10.2 Å². The Labute approximate surface area is 111 Å². The summed E-state index contributed by atoms with van der Waals surface area (Å²) in [6.45, 7) is 2.47. The summed E-state index contributed by atoms with van der Waals surface area (Å²) in [5, 5.41) is 7.94. The fourth-order valence-electron chi connectivity index (χ4n) is 1.37. The zero-order chi connectivity index (χ0) is 12.6. The van der Waals surface area contributed by atoms with Gasteiger partial charge in [-0.3, -0.25) is 0 Å². The molecule has 96 valence electrons. The molecule has 0 spiro atoms. The van der Waals surface area contributed by atoms with E-state index in [0.717, 1.165) is 23.7 Å². The zero-order valence-corrected chi connectivity index (χ0v) is 11.2. The molecule has 0 aliphatic rings. The number of aromatic nitrogens is 2. The van der Waals surface area contributed by atoms with E-state index in [2.05, 4.69) is 17.1 Å². The predicted molar refractivity (Wildman–Crippen MR) is 71.5 cm³/mol. The van der Waals surface area contributed by atoms with Gasteiger partial charge in [0.05, 0.1) is 5.75 Å². The summed E-state index contributed by atoms with van der Waals surface area (Å²) in [5.74, 6) is 3.87. The maximum absolute atomic E-state index is 5.53. The number of hydrogen-bond donors (Lipinski definition) is 0. The third-order valence-corrected chi connectivity index (χ3v) is 3.34. The monoisotopic (exact) mass is 264 g/mol. The van der Waals surface area contributed by atoms with Crippen molar-refractivity contribution < 1.29 is 9.15 Å². The van der Waals surface area contributed by atoms with Gasteiger partial charge in [0.1, 0.15) is 5.75 Å². The lowest BCUT2D eigenvalue weighted by atomic mass is 10.3. The first-order valence-electron chi connectivity index (χ1n) is 5.95. The quantitative estimate of drug-likeness (QED) is 0.718. The Bertz CT molecular complexity index is 459. The second-order valence-corrected chi connectivity index (χ2v) is 4.85. The first kappa shape index (κ1) is 13.0. The van der Waals surface area contributed by atoms with Gasteiger partial charge in [0.25, 0.3) is 5.89 Å². The van der Waals surface area contributed by atoms with Crippen LogP contribution in [0.15, 0.2) is 34.7 Å². The van der Waals surface area contributed by atoms with E-state index in [1.165, 1.54) is 0 Å². The summed E-state index contributed by atoms with van der Waals surface area (Å²) in [7, 11) is 0. The van der Waals surface area contributed by atoms with Crippen LogP contribution in [0.3, 0.4) is 0 Å². The van der Waals surface area contributed by atoms with Crippen LogP contribution in [0.4, 0.5) is 0 Å². The SMILES string of the molecule is CCCSCc1nnc(COc2ccccc2)o1. The van der Waals surface area contributed by atoms with E-state index >= 15 is 0 Å². The highest BCUT2D eigenvalue weighted by Gasteiger charge is 2.06. The summed E-state index contributed by atoms with van der Waals surface area (Å²) in [5.41, 5.74) is 0. The van der Waals surface area contributed by atoms with Crippen LogP contribution in [0.2, 0.25) is 0 Å². The van der Waals surface area contributed by atoms with Crippen molar-refractivity contribution in [1.29, 1.82) is 0 Å². The predicted octanol–water partition coefficient (Wildman–Crippen LogP) is 3.29. The van der Waals surface area contributed by atoms with Gasteiger partial charge in [0, 0.05) is 0 Å². The average molecular weight is 264 g/mol. The zero-order valence-electron chi connectivity index (χ0n) is 10.3. The minimum absolute atomic E-state index is 0.315. The molecule has 4 nitrogen and oxygen atoms in total. The Balaban J connectivity index is 1.80. The molecular formula is C13H16N2O2S. The number of thioether (sulfide) groups is 1. The van der Waals surface area contributed by atoms with Crippen molar-refractivity contribution in [3.63, 3.8) is 0 Å². The minimum atomic E-state index is 0.315. The van der Waals surface area contributed by atoms with Crippen LogP contribution in [-0.2, 0) is 12.4 Å². The number of para-hydroxylation sites is 1. The smallest absolute Gasteiger partial charge is 0.253 e. The average Bonchev–Trinajstić information content (AvgIpc) is 2.86. The molecule has 0 saturated heterocycles. The summed E-state index contributed by atoms with van der Waals surface area (Å²) in [4.78, 5) is 0. The molecule has 0 unspecified atom stereocenters. The molecule has 0 radical (unpaired) electrons. The van der Waals surface area contributed by atoms with Crippen LogP contribution < -0.4 is 4.74 Å². The van der Waals surface area contributed by atoms with E-state index in [-0.39, 0.29) is 0 Å². The van der Waals surface area contributed by atoms with Gasteiger partial charge in [-0.15, -0.1) is 10.2 Å². The van der Waals surface area contributed by atoms with E-state index in [0.29, 0.717) is 18.4 Å². The van der Waals surface area contributed by atoms with Crippen molar-refractivity contribution in [2.75, 3.05) is 5.75 Å². The number of hydrogen-bond acceptors (Lipinski definition) is 5. The molecule has 2 rings (SSSR count). The van der Waals surface area contributed by atoms with E-state index in [1.807, 2.05) is 30.3 Å². The van der Waals surface area contributed by atoms with E-state index in [9.17, 15) is 0 Å². The molecule has 1 aromatic heterocycles. The van der Waals surface area contributed by atoms with Crippen molar-refractivity contribution >= 4 is 11.8 Å². The van der Waals surface area contributed by atoms with Gasteiger partial charge in [-0.1, -0.05) is 25.1 Å². The largest absolute Gasteiger partial charge is 0.484 e. The molecule has 18 heavy (non-hydrogen) atoms. The maximum Gasteiger partial charge on any atom is 0.253 e.